The first-order valence-electron chi connectivity index (χ1n) is 26.0. The summed E-state index contributed by atoms with van der Waals surface area (Å²) < 4.78 is 40.9. The molecule has 17 nitrogen and oxygen atoms in total. The molecule has 1 amide bonds. The average Bonchev–Trinajstić information content (AvgIpc) is 3.35. The Hall–Kier alpha value is -3.94. The fraction of sp³-hybridized carbons (Fsp3) is 0.745. The van der Waals surface area contributed by atoms with Crippen molar-refractivity contribution in [2.45, 2.75) is 180 Å². The number of ether oxygens (including phenoxy) is 7. The number of nitrogens with zero attached hydrogens (tertiary/aromatic N) is 1. The van der Waals surface area contributed by atoms with Gasteiger partial charge in [-0.25, -0.2) is 9.59 Å². The van der Waals surface area contributed by atoms with Gasteiger partial charge in [-0.2, -0.15) is 0 Å². The zero-order chi connectivity index (χ0) is 53.3. The molecule has 3 aliphatic heterocycles. The lowest BCUT2D eigenvalue weighted by Crippen LogP contribution is -2.61. The van der Waals surface area contributed by atoms with Gasteiger partial charge in [0, 0.05) is 58.5 Å². The number of amides is 1. The fourth-order valence-electron chi connectivity index (χ4n) is 10.7. The van der Waals surface area contributed by atoms with Crippen LogP contribution in [0.1, 0.15) is 126 Å². The van der Waals surface area contributed by atoms with Crippen LogP contribution in [-0.2, 0) is 61.9 Å². The molecule has 2 saturated heterocycles. The largest absolute Gasteiger partial charge is 0.480 e. The van der Waals surface area contributed by atoms with Gasteiger partial charge in [0.05, 0.1) is 37.6 Å². The average molecular weight is 1020 g/mol. The fourth-order valence-corrected chi connectivity index (χ4v) is 10.7. The van der Waals surface area contributed by atoms with E-state index in [0.717, 1.165) is 12.0 Å². The summed E-state index contributed by atoms with van der Waals surface area (Å²) in [5.41, 5.74) is 1.24. The molecule has 1 aliphatic carbocycles. The molecular formula is C55H85NO16. The molecule has 72 heavy (non-hydrogen) atoms. The molecular weight excluding hydrogens is 931 g/mol. The Labute approximate surface area is 427 Å². The van der Waals surface area contributed by atoms with Gasteiger partial charge < -0.3 is 53.4 Å². The Kier molecular flexibility index (Phi) is 24.6. The van der Waals surface area contributed by atoms with Crippen molar-refractivity contribution in [3.8, 4) is 0 Å². The summed E-state index contributed by atoms with van der Waals surface area (Å²) in [5, 5.41) is 32.4. The summed E-state index contributed by atoms with van der Waals surface area (Å²) in [7, 11) is 4.54. The van der Waals surface area contributed by atoms with E-state index >= 15 is 0 Å². The van der Waals surface area contributed by atoms with Gasteiger partial charge in [0.15, 0.2) is 5.78 Å². The number of rotatable bonds is 12. The minimum Gasteiger partial charge on any atom is -0.480 e. The number of fused-ring (bicyclic) bond motifs is 3. The monoisotopic (exact) mass is 1020 g/mol. The number of cyclic esters (lactones) is 1. The van der Waals surface area contributed by atoms with Crippen LogP contribution in [0, 0.1) is 35.5 Å². The Morgan fingerprint density at radius 2 is 1.60 bits per heavy atom. The second kappa shape index (κ2) is 29.2. The second-order valence-corrected chi connectivity index (χ2v) is 20.9. The zero-order valence-electron chi connectivity index (χ0n) is 44.5. The molecule has 17 heteroatoms. The standard InChI is InChI=1S/C55H85NO16/c1-33-16-12-11-13-17-34(2)45(66-8)30-41-21-19-39(7)55(65,72-41)52(62)53(63)56-23-15-14-18-42(56)54(64)71-46(31-43(57)35(3)27-38(6)50(61)51(68-10)49(60)37(5)26-33)36(4)28-40-20-22-44(47(29-40)67-9)70-25-24-69-32-48(58)59/h11-13,16-17,27,33,35-37,39-42,44-47,50-51,61,65H,14-15,18-26,28-32H2,1-10H3,(H,58,59)/b13-11?,16-12+,34-17?,38-27+/t33-,35-,36+,37-,39-,40-,41+,42+,44-,45+,46+,47-,50-,51+,55-/m1/s1. The first-order chi connectivity index (χ1) is 34.1. The second-order valence-electron chi connectivity index (χ2n) is 20.9. The van der Waals surface area contributed by atoms with Crippen LogP contribution in [0.5, 0.6) is 0 Å². The van der Waals surface area contributed by atoms with Crippen molar-refractivity contribution >= 4 is 35.2 Å². The van der Waals surface area contributed by atoms with Gasteiger partial charge >= 0.3 is 11.9 Å². The molecule has 3 N–H and O–H groups in total. The van der Waals surface area contributed by atoms with Crippen molar-refractivity contribution in [3.05, 3.63) is 47.6 Å². The topological polar surface area (TPSA) is 231 Å². The van der Waals surface area contributed by atoms with E-state index < -0.39 is 90.3 Å². The maximum Gasteiger partial charge on any atom is 0.329 e. The Balaban J connectivity index is 1.66. The molecule has 15 atom stereocenters. The molecule has 3 heterocycles. The highest BCUT2D eigenvalue weighted by molar-refractivity contribution is 6.39. The minimum absolute atomic E-state index is 0.00354. The van der Waals surface area contributed by atoms with Gasteiger partial charge in [-0.3, -0.25) is 19.2 Å². The quantitative estimate of drug-likeness (QED) is 0.0842. The van der Waals surface area contributed by atoms with E-state index in [9.17, 15) is 39.0 Å². The summed E-state index contributed by atoms with van der Waals surface area (Å²) in [6.45, 7) is 12.6. The van der Waals surface area contributed by atoms with Crippen molar-refractivity contribution in [2.24, 2.45) is 35.5 Å². The molecule has 4 aliphatic rings. The minimum atomic E-state index is -2.45. The summed E-state index contributed by atoms with van der Waals surface area (Å²) in [4.78, 5) is 83.2. The smallest absolute Gasteiger partial charge is 0.329 e. The molecule has 0 unspecified atom stereocenters. The van der Waals surface area contributed by atoms with E-state index in [-0.39, 0.29) is 74.1 Å². The molecule has 0 aromatic carbocycles. The van der Waals surface area contributed by atoms with E-state index in [2.05, 4.69) is 0 Å². The lowest BCUT2D eigenvalue weighted by molar-refractivity contribution is -0.265. The third-order valence-electron chi connectivity index (χ3n) is 15.2. The number of aliphatic carboxylic acids is 1. The molecule has 3 fully saturated rings. The van der Waals surface area contributed by atoms with Crippen molar-refractivity contribution in [2.75, 3.05) is 47.7 Å². The van der Waals surface area contributed by atoms with Crippen LogP contribution in [0.25, 0.3) is 0 Å². The van der Waals surface area contributed by atoms with Gasteiger partial charge in [0.2, 0.25) is 5.79 Å². The summed E-state index contributed by atoms with van der Waals surface area (Å²) in [5.74, 6) is -9.29. The van der Waals surface area contributed by atoms with Crippen LogP contribution in [0.3, 0.4) is 0 Å². The van der Waals surface area contributed by atoms with Gasteiger partial charge in [-0.15, -0.1) is 0 Å². The van der Waals surface area contributed by atoms with Crippen LogP contribution >= 0.6 is 0 Å². The molecule has 0 aromatic rings. The maximum atomic E-state index is 14.5. The molecule has 2 bridgehead atoms. The molecule has 0 spiro atoms. The van der Waals surface area contributed by atoms with Crippen LogP contribution in [0.2, 0.25) is 0 Å². The van der Waals surface area contributed by atoms with Crippen LogP contribution < -0.4 is 0 Å². The summed E-state index contributed by atoms with van der Waals surface area (Å²) in [6, 6.07) is -1.17. The molecule has 0 aromatic heterocycles. The van der Waals surface area contributed by atoms with Gasteiger partial charge in [0.25, 0.3) is 11.7 Å². The maximum absolute atomic E-state index is 14.5. The third-order valence-corrected chi connectivity index (χ3v) is 15.2. The van der Waals surface area contributed by atoms with Crippen LogP contribution in [0.15, 0.2) is 47.6 Å². The van der Waals surface area contributed by atoms with Gasteiger partial charge in [-0.1, -0.05) is 71.1 Å². The van der Waals surface area contributed by atoms with Crippen molar-refractivity contribution in [1.29, 1.82) is 0 Å². The first kappa shape index (κ1) is 60.6. The highest BCUT2D eigenvalue weighted by Gasteiger charge is 2.53. The van der Waals surface area contributed by atoms with Crippen molar-refractivity contribution in [1.82, 2.24) is 4.90 Å². The van der Waals surface area contributed by atoms with Crippen molar-refractivity contribution in [3.63, 3.8) is 0 Å². The lowest BCUT2D eigenvalue weighted by Gasteiger charge is -2.42. The first-order valence-corrected chi connectivity index (χ1v) is 26.0. The number of carboxylic acids is 1. The Morgan fingerprint density at radius 3 is 2.28 bits per heavy atom. The number of piperidine rings is 1. The number of allylic oxidation sites excluding steroid dienone is 6. The van der Waals surface area contributed by atoms with Crippen LogP contribution in [0.4, 0.5) is 0 Å². The number of esters is 1. The Bertz CT molecular complexity index is 1950. The number of carbonyl (C=O) groups excluding carboxylic acids is 5. The number of hydrogen-bond acceptors (Lipinski definition) is 15. The van der Waals surface area contributed by atoms with E-state index in [1.54, 1.807) is 48.0 Å². The lowest BCUT2D eigenvalue weighted by atomic mass is 9.78. The molecule has 0 radical (unpaired) electrons. The summed E-state index contributed by atoms with van der Waals surface area (Å²) in [6.07, 6.45) is 11.4. The number of Topliss-reactive ketones (excluding diaryl/α,β-unsaturated/α-hetero) is 3. The predicted molar refractivity (Wildman–Crippen MR) is 267 cm³/mol. The number of carboxylic acid groups (broad SMARTS) is 1. The number of ketones is 3. The zero-order valence-corrected chi connectivity index (χ0v) is 44.5. The van der Waals surface area contributed by atoms with E-state index in [1.807, 2.05) is 51.2 Å². The van der Waals surface area contributed by atoms with Crippen molar-refractivity contribution < 1.29 is 77.2 Å². The normalized spacial score (nSPS) is 36.4. The SMILES string of the molecule is CO[C@H]1C[C@@H]2CC[C@@H](C)[C@@](O)(O2)C(=O)C(=O)N2CCCC[C@H]2C(=O)O[C@H]([C@@H](C)C[C@H]2CC[C@@H](OCCOCC(=O)O)[C@H](OC)C2)CC(=O)[C@H](C)/C=C(\C)[C@@H](O)[C@@H](OC)C(=O)[C@H](C)C[C@H](C)/C=C/C=CC=C1C. The van der Waals surface area contributed by atoms with E-state index in [4.69, 9.17) is 38.3 Å². The number of aliphatic hydroxyl groups excluding tert-OH is 1. The molecule has 4 rings (SSSR count). The van der Waals surface area contributed by atoms with E-state index in [0.29, 0.717) is 63.4 Å². The molecule has 406 valence electrons. The van der Waals surface area contributed by atoms with Crippen LogP contribution in [-0.4, -0.2) is 158 Å². The number of aliphatic hydroxyl groups is 2. The predicted octanol–water partition coefficient (Wildman–Crippen LogP) is 6.31. The molecule has 1 saturated carbocycles. The summed E-state index contributed by atoms with van der Waals surface area (Å²) >= 11 is 0. The number of hydrogen-bond donors (Lipinski definition) is 3. The van der Waals surface area contributed by atoms with Gasteiger partial charge in [0.1, 0.15) is 36.7 Å². The van der Waals surface area contributed by atoms with E-state index in [1.165, 1.54) is 12.0 Å². The highest BCUT2D eigenvalue weighted by atomic mass is 16.6. The third kappa shape index (κ3) is 17.1. The van der Waals surface area contributed by atoms with Gasteiger partial charge in [-0.05, 0) is 107 Å². The number of methoxy groups -OCH3 is 3. The Morgan fingerprint density at radius 1 is 0.861 bits per heavy atom. The highest BCUT2D eigenvalue weighted by Crippen LogP contribution is 2.38. The number of carbonyl (C=O) groups is 6.